The molecule has 0 fully saturated rings. The average molecular weight is 692 g/mol. The summed E-state index contributed by atoms with van der Waals surface area (Å²) in [4.78, 5) is 5.32. The molecule has 1 aliphatic rings. The van der Waals surface area contributed by atoms with Crippen molar-refractivity contribution in [2.75, 3.05) is 0 Å². The van der Waals surface area contributed by atoms with E-state index in [0.29, 0.717) is 0 Å². The molecule has 10 aromatic rings. The average Bonchev–Trinajstić information content (AvgIpc) is 3.89. The van der Waals surface area contributed by atoms with Crippen molar-refractivity contribution in [3.63, 3.8) is 0 Å². The van der Waals surface area contributed by atoms with Gasteiger partial charge >= 0.3 is 0 Å². The third-order valence-corrected chi connectivity index (χ3v) is 12.5. The highest BCUT2D eigenvalue weighted by Gasteiger charge is 2.28. The number of amidine groups is 1. The Labute approximate surface area is 301 Å². The maximum atomic E-state index is 6.53. The number of nitrogens with one attached hydrogen (secondary N) is 2. The lowest BCUT2D eigenvalue weighted by molar-refractivity contribution is 0.409. The summed E-state index contributed by atoms with van der Waals surface area (Å²) in [6, 6.07) is 54.1. The van der Waals surface area contributed by atoms with E-state index in [-0.39, 0.29) is 12.3 Å². The molecule has 2 atom stereocenters. The van der Waals surface area contributed by atoms with Gasteiger partial charge in [0.2, 0.25) is 0 Å². The zero-order valence-corrected chi connectivity index (χ0v) is 28.9. The number of hydrogen-bond donors (Lipinski definition) is 2. The smallest absolute Gasteiger partial charge is 0.136 e. The van der Waals surface area contributed by atoms with Gasteiger partial charge in [-0.25, -0.2) is 4.99 Å². The molecule has 4 nitrogen and oxygen atoms in total. The number of rotatable bonds is 4. The molecule has 51 heavy (non-hydrogen) atoms. The lowest BCUT2D eigenvalue weighted by Crippen LogP contribution is -2.45. The fraction of sp³-hybridized carbons (Fsp3) is 0.0444. The maximum Gasteiger partial charge on any atom is 0.136 e. The zero-order valence-electron chi connectivity index (χ0n) is 27.3. The highest BCUT2D eigenvalue weighted by atomic mass is 32.1. The van der Waals surface area contributed by atoms with Gasteiger partial charge in [0.25, 0.3) is 0 Å². The molecule has 2 unspecified atom stereocenters. The van der Waals surface area contributed by atoms with Crippen molar-refractivity contribution >= 4 is 90.8 Å². The molecule has 7 aromatic carbocycles. The summed E-state index contributed by atoms with van der Waals surface area (Å²) in [5, 5.41) is 15.0. The van der Waals surface area contributed by atoms with Crippen LogP contribution in [0.2, 0.25) is 0 Å². The van der Waals surface area contributed by atoms with E-state index < -0.39 is 0 Å². The molecular weight excluding hydrogens is 663 g/mol. The Kier molecular flexibility index (Phi) is 6.46. The minimum absolute atomic E-state index is 0.199. The summed E-state index contributed by atoms with van der Waals surface area (Å²) < 4.78 is 11.7. The van der Waals surface area contributed by atoms with Crippen molar-refractivity contribution < 1.29 is 4.42 Å². The van der Waals surface area contributed by atoms with Gasteiger partial charge in [-0.1, -0.05) is 115 Å². The van der Waals surface area contributed by atoms with Gasteiger partial charge in [0.05, 0.1) is 0 Å². The Bertz CT molecular complexity index is 3010. The van der Waals surface area contributed by atoms with Crippen LogP contribution in [0.3, 0.4) is 0 Å². The van der Waals surface area contributed by atoms with E-state index in [1.165, 1.54) is 51.5 Å². The largest absolute Gasteiger partial charge is 0.456 e. The van der Waals surface area contributed by atoms with Crippen LogP contribution >= 0.6 is 22.7 Å². The number of nitrogens with zero attached hydrogens (tertiary/aromatic N) is 1. The van der Waals surface area contributed by atoms with Crippen LogP contribution in [-0.4, -0.2) is 5.84 Å². The summed E-state index contributed by atoms with van der Waals surface area (Å²) in [6.45, 7) is 0. The van der Waals surface area contributed by atoms with Crippen molar-refractivity contribution in [3.8, 4) is 11.1 Å². The number of hydrogen-bond acceptors (Lipinski definition) is 6. The van der Waals surface area contributed by atoms with E-state index in [9.17, 15) is 0 Å². The topological polar surface area (TPSA) is 49.6 Å². The number of benzene rings is 7. The molecule has 1 aliphatic heterocycles. The van der Waals surface area contributed by atoms with Gasteiger partial charge < -0.3 is 9.73 Å². The number of furan rings is 1. The second kappa shape index (κ2) is 11.4. The van der Waals surface area contributed by atoms with Crippen LogP contribution in [0.25, 0.3) is 73.4 Å². The van der Waals surface area contributed by atoms with Crippen molar-refractivity contribution in [2.45, 2.75) is 12.3 Å². The normalized spacial score (nSPS) is 16.4. The molecule has 2 N–H and O–H groups in total. The zero-order chi connectivity index (χ0) is 33.5. The SMILES string of the molecule is c1ccc(C2N=C(c3cccc4sc5ccccc5c34)NC(c3ccc4oc5cccc(-c6cccc7c6sc6ccccc67)c5c4c3)N2)cc1. The van der Waals surface area contributed by atoms with E-state index in [4.69, 9.17) is 9.41 Å². The molecule has 11 rings (SSSR count). The number of fused-ring (bicyclic) bond motifs is 9. The van der Waals surface area contributed by atoms with Gasteiger partial charge in [-0.05, 0) is 53.1 Å². The minimum Gasteiger partial charge on any atom is -0.456 e. The van der Waals surface area contributed by atoms with Crippen molar-refractivity contribution in [1.29, 1.82) is 0 Å². The second-order valence-corrected chi connectivity index (χ2v) is 15.3. The summed E-state index contributed by atoms with van der Waals surface area (Å²) in [7, 11) is 0. The van der Waals surface area contributed by atoms with E-state index in [2.05, 4.69) is 162 Å². The van der Waals surface area contributed by atoms with Crippen LogP contribution < -0.4 is 10.6 Å². The Balaban J connectivity index is 1.08. The van der Waals surface area contributed by atoms with Crippen LogP contribution in [0, 0.1) is 0 Å². The molecule has 0 spiro atoms. The Morgan fingerprint density at radius 3 is 2.10 bits per heavy atom. The molecule has 0 aliphatic carbocycles. The van der Waals surface area contributed by atoms with Crippen molar-refractivity contribution in [2.24, 2.45) is 4.99 Å². The third-order valence-electron chi connectivity index (χ3n) is 10.2. The van der Waals surface area contributed by atoms with Crippen LogP contribution in [0.4, 0.5) is 0 Å². The van der Waals surface area contributed by atoms with Crippen LogP contribution in [0.1, 0.15) is 29.0 Å². The second-order valence-electron chi connectivity index (χ2n) is 13.1. The van der Waals surface area contributed by atoms with E-state index in [0.717, 1.165) is 44.5 Å². The van der Waals surface area contributed by atoms with Gasteiger partial charge in [-0.2, -0.15) is 0 Å². The molecule has 0 radical (unpaired) electrons. The fourth-order valence-corrected chi connectivity index (χ4v) is 10.2. The molecule has 4 heterocycles. The molecule has 3 aromatic heterocycles. The first-order chi connectivity index (χ1) is 25.3. The molecule has 0 saturated heterocycles. The Morgan fingerprint density at radius 2 is 1.20 bits per heavy atom. The van der Waals surface area contributed by atoms with E-state index in [1.807, 2.05) is 22.7 Å². The van der Waals surface area contributed by atoms with E-state index >= 15 is 0 Å². The molecule has 0 saturated carbocycles. The minimum atomic E-state index is -0.231. The maximum absolute atomic E-state index is 6.53. The predicted molar refractivity (Wildman–Crippen MR) is 216 cm³/mol. The van der Waals surface area contributed by atoms with Gasteiger partial charge in [-0.15, -0.1) is 22.7 Å². The molecular formula is C45H29N3OS2. The lowest BCUT2D eigenvalue weighted by atomic mass is 9.97. The summed E-state index contributed by atoms with van der Waals surface area (Å²) in [5.74, 6) is 0.885. The fourth-order valence-electron chi connectivity index (χ4n) is 7.85. The molecule has 6 heteroatoms. The highest BCUT2D eigenvalue weighted by Crippen LogP contribution is 2.44. The molecule has 242 valence electrons. The van der Waals surface area contributed by atoms with Crippen molar-refractivity contribution in [1.82, 2.24) is 10.6 Å². The first kappa shape index (κ1) is 29.0. The monoisotopic (exact) mass is 691 g/mol. The van der Waals surface area contributed by atoms with Gasteiger partial charge in [-0.3, -0.25) is 5.32 Å². The van der Waals surface area contributed by atoms with Crippen LogP contribution in [0.15, 0.2) is 161 Å². The number of thiophene rings is 2. The highest BCUT2D eigenvalue weighted by molar-refractivity contribution is 7.26. The van der Waals surface area contributed by atoms with Gasteiger partial charge in [0.1, 0.15) is 29.3 Å². The summed E-state index contributed by atoms with van der Waals surface area (Å²) >= 11 is 3.69. The summed E-state index contributed by atoms with van der Waals surface area (Å²) in [6.07, 6.45) is -0.430. The molecule has 0 amide bonds. The molecule has 0 bridgehead atoms. The first-order valence-electron chi connectivity index (χ1n) is 17.2. The van der Waals surface area contributed by atoms with Crippen molar-refractivity contribution in [3.05, 3.63) is 168 Å². The third kappa shape index (κ3) is 4.58. The quantitative estimate of drug-likeness (QED) is 0.193. The lowest BCUT2D eigenvalue weighted by Gasteiger charge is -2.32. The standard InChI is InChI=1S/C45H29N3OS2/c1-2-11-26(12-3-1)43-46-44(48-45(47-43)33-18-10-22-39-41(33)32-14-5-7-21-38(32)50-39)27-23-24-35-34(25-27)40-29(15-9-19-36(40)49-35)31-17-8-16-30-28-13-4-6-20-37(28)51-42(30)31/h1-25,43-44,46H,(H,47,48). The van der Waals surface area contributed by atoms with Crippen LogP contribution in [0.5, 0.6) is 0 Å². The number of aliphatic imine (C=N–C) groups is 1. The van der Waals surface area contributed by atoms with Gasteiger partial charge in [0, 0.05) is 62.2 Å². The first-order valence-corrected chi connectivity index (χ1v) is 18.8. The van der Waals surface area contributed by atoms with E-state index in [1.54, 1.807) is 0 Å². The van der Waals surface area contributed by atoms with Gasteiger partial charge in [0.15, 0.2) is 0 Å². The predicted octanol–water partition coefficient (Wildman–Crippen LogP) is 12.3. The van der Waals surface area contributed by atoms with Crippen LogP contribution in [-0.2, 0) is 0 Å². The Morgan fingerprint density at radius 1 is 0.490 bits per heavy atom. The summed E-state index contributed by atoms with van der Waals surface area (Å²) in [5.41, 5.74) is 7.55. The Hall–Kier alpha value is -5.79.